The van der Waals surface area contributed by atoms with Gasteiger partial charge in [-0.25, -0.2) is 4.98 Å². The van der Waals surface area contributed by atoms with Gasteiger partial charge in [0.05, 0.1) is 17.1 Å². The van der Waals surface area contributed by atoms with Crippen LogP contribution in [0.5, 0.6) is 17.2 Å². The van der Waals surface area contributed by atoms with E-state index in [2.05, 4.69) is 28.0 Å². The van der Waals surface area contributed by atoms with Crippen molar-refractivity contribution in [1.29, 1.82) is 0 Å². The van der Waals surface area contributed by atoms with Gasteiger partial charge in [-0.2, -0.15) is 9.78 Å². The number of ether oxygens (including phenoxy) is 3. The van der Waals surface area contributed by atoms with E-state index in [9.17, 15) is 4.79 Å². The fourth-order valence-electron chi connectivity index (χ4n) is 4.12. The first-order chi connectivity index (χ1) is 18.3. The first kappa shape index (κ1) is 25.8. The molecule has 0 aliphatic carbocycles. The first-order valence-corrected chi connectivity index (χ1v) is 13.2. The average Bonchev–Trinajstić information content (AvgIpc) is 3.39. The predicted molar refractivity (Wildman–Crippen MR) is 153 cm³/mol. The van der Waals surface area contributed by atoms with E-state index in [0.29, 0.717) is 34.8 Å². The van der Waals surface area contributed by atoms with E-state index < -0.39 is 0 Å². The molecule has 0 saturated heterocycles. The highest BCUT2D eigenvalue weighted by atomic mass is 79.9. The molecule has 9 heteroatoms. The molecule has 0 saturated carbocycles. The van der Waals surface area contributed by atoms with E-state index in [-0.39, 0.29) is 18.3 Å². The van der Waals surface area contributed by atoms with Crippen molar-refractivity contribution in [3.63, 3.8) is 0 Å². The zero-order chi connectivity index (χ0) is 26.8. The van der Waals surface area contributed by atoms with Crippen molar-refractivity contribution in [1.82, 2.24) is 9.66 Å². The van der Waals surface area contributed by atoms with Crippen LogP contribution in [0, 0.1) is 0 Å². The number of fused-ring (bicyclic) bond motifs is 2. The van der Waals surface area contributed by atoms with Crippen molar-refractivity contribution in [2.75, 3.05) is 25.8 Å². The number of hydrogen-bond donors (Lipinski definition) is 0. The van der Waals surface area contributed by atoms with Gasteiger partial charge in [-0.1, -0.05) is 35.8 Å². The Morgan fingerprint density at radius 3 is 2.74 bits per heavy atom. The third-order valence-electron chi connectivity index (χ3n) is 6.54. The van der Waals surface area contributed by atoms with Crippen molar-refractivity contribution in [2.45, 2.75) is 32.8 Å². The molecule has 0 radical (unpaired) electrons. The van der Waals surface area contributed by atoms with Gasteiger partial charge >= 0.3 is 0 Å². The van der Waals surface area contributed by atoms with Gasteiger partial charge < -0.3 is 19.1 Å². The van der Waals surface area contributed by atoms with Crippen LogP contribution in [0.1, 0.15) is 43.1 Å². The van der Waals surface area contributed by atoms with E-state index in [1.807, 2.05) is 74.4 Å². The number of anilines is 1. The Bertz CT molecular complexity index is 1580. The van der Waals surface area contributed by atoms with Gasteiger partial charge in [0, 0.05) is 41.8 Å². The standard InChI is InChI=1S/C29H29BrN4O4/c1-5-18(2)28-32-24-10-8-21(30)13-23(24)29(35)34(28)31-15-20-7-9-22(33(3)4)14-26(20)36-16-19-6-11-25-27(12-19)38-17-37-25/h6-15,18H,5,16-17H2,1-4H3/t18-/m0/s1. The fraction of sp³-hybridized carbons (Fsp3) is 0.276. The second-order valence-corrected chi connectivity index (χ2v) is 10.3. The molecule has 2 heterocycles. The number of benzene rings is 3. The van der Waals surface area contributed by atoms with Gasteiger partial charge in [-0.15, -0.1) is 0 Å². The summed E-state index contributed by atoms with van der Waals surface area (Å²) >= 11 is 3.46. The summed E-state index contributed by atoms with van der Waals surface area (Å²) in [5.41, 5.74) is 3.12. The van der Waals surface area contributed by atoms with E-state index in [0.717, 1.165) is 33.5 Å². The van der Waals surface area contributed by atoms with Crippen molar-refractivity contribution in [3.05, 3.63) is 86.4 Å². The molecule has 8 nitrogen and oxygen atoms in total. The van der Waals surface area contributed by atoms with Crippen molar-refractivity contribution < 1.29 is 14.2 Å². The molecule has 5 rings (SSSR count). The topological polar surface area (TPSA) is 78.2 Å². The normalized spacial score (nSPS) is 13.3. The summed E-state index contributed by atoms with van der Waals surface area (Å²) in [6, 6.07) is 17.2. The first-order valence-electron chi connectivity index (χ1n) is 12.4. The Balaban J connectivity index is 1.52. The van der Waals surface area contributed by atoms with E-state index >= 15 is 0 Å². The predicted octanol–water partition coefficient (Wildman–Crippen LogP) is 5.93. The Kier molecular flexibility index (Phi) is 7.37. The average molecular weight is 577 g/mol. The summed E-state index contributed by atoms with van der Waals surface area (Å²) in [5.74, 6) is 2.76. The molecule has 3 aromatic carbocycles. The molecule has 4 aromatic rings. The molecule has 1 atom stereocenters. The Hall–Kier alpha value is -3.85. The van der Waals surface area contributed by atoms with Crippen LogP contribution >= 0.6 is 15.9 Å². The fourth-order valence-corrected chi connectivity index (χ4v) is 4.48. The molecule has 1 aliphatic rings. The maximum absolute atomic E-state index is 13.5. The Morgan fingerprint density at radius 2 is 1.95 bits per heavy atom. The molecule has 38 heavy (non-hydrogen) atoms. The SMILES string of the molecule is CC[C@H](C)c1nc2ccc(Br)cc2c(=O)n1N=Cc1ccc(N(C)C)cc1OCc1ccc2c(c1)OCO2. The van der Waals surface area contributed by atoms with E-state index in [4.69, 9.17) is 19.2 Å². The van der Waals surface area contributed by atoms with Crippen LogP contribution in [0.3, 0.4) is 0 Å². The molecule has 0 N–H and O–H groups in total. The summed E-state index contributed by atoms with van der Waals surface area (Å²) in [7, 11) is 3.95. The molecular weight excluding hydrogens is 548 g/mol. The van der Waals surface area contributed by atoms with Crippen LogP contribution in [0.4, 0.5) is 5.69 Å². The number of halogens is 1. The zero-order valence-electron chi connectivity index (χ0n) is 21.8. The molecule has 0 fully saturated rings. The molecule has 0 spiro atoms. The third kappa shape index (κ3) is 5.24. The molecule has 0 amide bonds. The monoisotopic (exact) mass is 576 g/mol. The summed E-state index contributed by atoms with van der Waals surface area (Å²) in [5, 5.41) is 5.14. The van der Waals surface area contributed by atoms with Crippen LogP contribution in [0.2, 0.25) is 0 Å². The molecule has 0 unspecified atom stereocenters. The van der Waals surface area contributed by atoms with E-state index in [1.165, 1.54) is 4.68 Å². The van der Waals surface area contributed by atoms with Crippen LogP contribution in [-0.4, -0.2) is 36.8 Å². The highest BCUT2D eigenvalue weighted by Gasteiger charge is 2.17. The largest absolute Gasteiger partial charge is 0.488 e. The van der Waals surface area contributed by atoms with E-state index in [1.54, 1.807) is 12.3 Å². The highest BCUT2D eigenvalue weighted by Crippen LogP contribution is 2.33. The minimum Gasteiger partial charge on any atom is -0.488 e. The molecule has 1 aromatic heterocycles. The van der Waals surface area contributed by atoms with Gasteiger partial charge in [0.15, 0.2) is 11.5 Å². The maximum atomic E-state index is 13.5. The lowest BCUT2D eigenvalue weighted by Gasteiger charge is -2.17. The van der Waals surface area contributed by atoms with Crippen LogP contribution in [0.15, 0.2) is 69.0 Å². The number of aromatic nitrogens is 2. The maximum Gasteiger partial charge on any atom is 0.282 e. The Morgan fingerprint density at radius 1 is 1.13 bits per heavy atom. The summed E-state index contributed by atoms with van der Waals surface area (Å²) < 4.78 is 19.4. The van der Waals surface area contributed by atoms with Crippen LogP contribution in [0.25, 0.3) is 10.9 Å². The van der Waals surface area contributed by atoms with Gasteiger partial charge in [0.25, 0.3) is 5.56 Å². The lowest BCUT2D eigenvalue weighted by Crippen LogP contribution is -2.23. The lowest BCUT2D eigenvalue weighted by molar-refractivity contribution is 0.174. The van der Waals surface area contributed by atoms with Crippen LogP contribution in [-0.2, 0) is 6.61 Å². The minimum atomic E-state index is -0.212. The lowest BCUT2D eigenvalue weighted by atomic mass is 10.1. The second-order valence-electron chi connectivity index (χ2n) is 9.40. The zero-order valence-corrected chi connectivity index (χ0v) is 23.4. The molecule has 0 bridgehead atoms. The van der Waals surface area contributed by atoms with Crippen LogP contribution < -0.4 is 24.7 Å². The summed E-state index contributed by atoms with van der Waals surface area (Å²) in [4.78, 5) is 20.3. The summed E-state index contributed by atoms with van der Waals surface area (Å²) in [6.07, 6.45) is 2.48. The van der Waals surface area contributed by atoms with Gasteiger partial charge in [0.2, 0.25) is 6.79 Å². The number of hydrogen-bond acceptors (Lipinski definition) is 7. The van der Waals surface area contributed by atoms with Gasteiger partial charge in [-0.3, -0.25) is 4.79 Å². The number of rotatable bonds is 8. The van der Waals surface area contributed by atoms with Gasteiger partial charge in [-0.05, 0) is 54.4 Å². The smallest absolute Gasteiger partial charge is 0.282 e. The second kappa shape index (κ2) is 10.9. The molecular formula is C29H29BrN4O4. The van der Waals surface area contributed by atoms with Crippen molar-refractivity contribution in [2.24, 2.45) is 5.10 Å². The Labute approximate surface area is 229 Å². The molecule has 1 aliphatic heterocycles. The van der Waals surface area contributed by atoms with Crippen molar-refractivity contribution in [3.8, 4) is 17.2 Å². The third-order valence-corrected chi connectivity index (χ3v) is 7.04. The molecule has 196 valence electrons. The van der Waals surface area contributed by atoms with Crippen molar-refractivity contribution >= 4 is 38.7 Å². The highest BCUT2D eigenvalue weighted by molar-refractivity contribution is 9.10. The quantitative estimate of drug-likeness (QED) is 0.242. The summed E-state index contributed by atoms with van der Waals surface area (Å²) in [6.45, 7) is 4.67. The number of nitrogens with zero attached hydrogens (tertiary/aromatic N) is 4. The van der Waals surface area contributed by atoms with Gasteiger partial charge in [0.1, 0.15) is 18.2 Å². The minimum absolute atomic E-state index is 0.0470.